The van der Waals surface area contributed by atoms with Crippen LogP contribution < -0.4 is 5.73 Å². The number of amidine groups is 1. The molecule has 1 unspecified atom stereocenters. The summed E-state index contributed by atoms with van der Waals surface area (Å²) in [7, 11) is 3.31. The first kappa shape index (κ1) is 20.0. The van der Waals surface area contributed by atoms with E-state index in [0.717, 1.165) is 5.56 Å². The molecule has 2 N–H and O–H groups in total. The van der Waals surface area contributed by atoms with Crippen molar-refractivity contribution in [2.24, 2.45) is 10.8 Å². The van der Waals surface area contributed by atoms with Crippen LogP contribution in [-0.4, -0.2) is 63.2 Å². The molecule has 0 saturated heterocycles. The number of carbonyl (C=O) groups is 1. The molecule has 28 heavy (non-hydrogen) atoms. The van der Waals surface area contributed by atoms with Gasteiger partial charge in [0.2, 0.25) is 0 Å². The SMILES string of the molecule is C=C(C(=O)N(CC)CC)c1c(-c2ccccc2)nc2n1N=C(N)S2=CN(C)C. The number of imidazole rings is 1. The number of nitrogens with zero attached hydrogens (tertiary/aromatic N) is 5. The molecule has 1 aromatic heterocycles. The Morgan fingerprint density at radius 3 is 2.46 bits per heavy atom. The fourth-order valence-electron chi connectivity index (χ4n) is 3.05. The molecule has 1 aliphatic heterocycles. The summed E-state index contributed by atoms with van der Waals surface area (Å²) in [5.41, 5.74) is 10.7. The fraction of sp³-hybridized carbons (Fsp3) is 0.300. The number of aromatic nitrogens is 2. The van der Waals surface area contributed by atoms with Crippen molar-refractivity contribution in [2.75, 3.05) is 27.2 Å². The van der Waals surface area contributed by atoms with Crippen molar-refractivity contribution in [1.29, 1.82) is 0 Å². The molecule has 0 radical (unpaired) electrons. The van der Waals surface area contributed by atoms with Crippen molar-refractivity contribution in [1.82, 2.24) is 19.5 Å². The van der Waals surface area contributed by atoms with Crippen LogP contribution in [0.15, 0.2) is 47.2 Å². The summed E-state index contributed by atoms with van der Waals surface area (Å²) in [5.74, 6) is -0.123. The fourth-order valence-corrected chi connectivity index (χ4v) is 4.53. The molecule has 0 fully saturated rings. The van der Waals surface area contributed by atoms with Gasteiger partial charge in [0.25, 0.3) is 5.91 Å². The number of carbonyl (C=O) groups excluding carboxylic acids is 1. The highest BCUT2D eigenvalue weighted by atomic mass is 32.2. The van der Waals surface area contributed by atoms with Crippen molar-refractivity contribution >= 4 is 32.6 Å². The monoisotopic (exact) mass is 398 g/mol. The Bertz CT molecular complexity index is 970. The number of amides is 1. The number of hydrogen-bond donors (Lipinski definition) is 1. The van der Waals surface area contributed by atoms with Crippen molar-refractivity contribution in [3.63, 3.8) is 0 Å². The van der Waals surface area contributed by atoms with Crippen LogP contribution in [0.3, 0.4) is 0 Å². The third-order valence-electron chi connectivity index (χ3n) is 4.40. The third kappa shape index (κ3) is 3.53. The summed E-state index contributed by atoms with van der Waals surface area (Å²) in [6.45, 7) is 9.23. The van der Waals surface area contributed by atoms with Crippen LogP contribution in [0.25, 0.3) is 16.8 Å². The van der Waals surface area contributed by atoms with E-state index < -0.39 is 10.5 Å². The maximum absolute atomic E-state index is 13.0. The molecule has 0 saturated carbocycles. The van der Waals surface area contributed by atoms with E-state index in [1.54, 1.807) is 9.58 Å². The second-order valence-corrected chi connectivity index (χ2v) is 8.24. The van der Waals surface area contributed by atoms with Crippen LogP contribution in [-0.2, 0) is 4.79 Å². The Morgan fingerprint density at radius 2 is 1.89 bits per heavy atom. The molecule has 3 rings (SSSR count). The second kappa shape index (κ2) is 8.12. The molecule has 0 spiro atoms. The van der Waals surface area contributed by atoms with Gasteiger partial charge < -0.3 is 10.6 Å². The summed E-state index contributed by atoms with van der Waals surface area (Å²) in [5, 5.41) is 5.71. The predicted molar refractivity (Wildman–Crippen MR) is 117 cm³/mol. The van der Waals surface area contributed by atoms with Gasteiger partial charge in [-0.3, -0.25) is 9.69 Å². The first-order valence-electron chi connectivity index (χ1n) is 9.14. The van der Waals surface area contributed by atoms with Crippen LogP contribution in [0.2, 0.25) is 0 Å². The molecule has 148 valence electrons. The minimum atomic E-state index is -0.570. The molecule has 0 aliphatic carbocycles. The average Bonchev–Trinajstić information content (AvgIpc) is 3.18. The van der Waals surface area contributed by atoms with Gasteiger partial charge in [-0.15, -0.1) is 5.10 Å². The van der Waals surface area contributed by atoms with Crippen LogP contribution in [0, 0.1) is 0 Å². The van der Waals surface area contributed by atoms with E-state index in [2.05, 4.69) is 11.7 Å². The number of rotatable bonds is 6. The number of fused-ring (bicyclic) bond motifs is 1. The highest BCUT2D eigenvalue weighted by molar-refractivity contribution is 8.27. The van der Waals surface area contributed by atoms with Crippen molar-refractivity contribution in [2.45, 2.75) is 19.0 Å². The highest BCUT2D eigenvalue weighted by Crippen LogP contribution is 2.39. The lowest BCUT2D eigenvalue weighted by molar-refractivity contribution is -0.124. The Morgan fingerprint density at radius 1 is 1.25 bits per heavy atom. The molecular formula is C20H26N6OS. The lowest BCUT2D eigenvalue weighted by Crippen LogP contribution is -2.31. The Balaban J connectivity index is 2.21. The average molecular weight is 399 g/mol. The van der Waals surface area contributed by atoms with E-state index in [-0.39, 0.29) is 5.91 Å². The van der Waals surface area contributed by atoms with Gasteiger partial charge in [-0.1, -0.05) is 36.9 Å². The summed E-state index contributed by atoms with van der Waals surface area (Å²) in [6.07, 6.45) is 0. The molecule has 1 aliphatic rings. The summed E-state index contributed by atoms with van der Waals surface area (Å²) in [4.78, 5) is 21.6. The quantitative estimate of drug-likeness (QED) is 0.599. The van der Waals surface area contributed by atoms with Crippen molar-refractivity contribution in [3.8, 4) is 11.3 Å². The maximum atomic E-state index is 13.0. The van der Waals surface area contributed by atoms with Gasteiger partial charge in [-0.2, -0.15) is 0 Å². The van der Waals surface area contributed by atoms with E-state index in [0.29, 0.717) is 40.4 Å². The first-order chi connectivity index (χ1) is 13.4. The molecule has 2 aromatic rings. The summed E-state index contributed by atoms with van der Waals surface area (Å²) < 4.78 is 1.69. The first-order valence-corrected chi connectivity index (χ1v) is 10.4. The normalized spacial score (nSPS) is 15.6. The molecule has 0 bridgehead atoms. The Hall–Kier alpha value is -2.71. The van der Waals surface area contributed by atoms with Crippen LogP contribution in [0.1, 0.15) is 19.5 Å². The van der Waals surface area contributed by atoms with Gasteiger partial charge in [0.15, 0.2) is 10.3 Å². The number of likely N-dealkylation sites (N-methyl/N-ethyl adjacent to an activating group) is 1. The summed E-state index contributed by atoms with van der Waals surface area (Å²) >= 11 is 0. The standard InChI is InChI=1S/C20H26N6OS/c1-6-25(7-2)18(27)14(3)17-16(15-11-9-8-10-12-15)22-20-26(17)23-19(21)28(20)13-24(4)5/h8-13H,3,6-7H2,1-2,4-5H3,(H2,21,23). The minimum Gasteiger partial charge on any atom is -0.377 e. The zero-order valence-corrected chi connectivity index (χ0v) is 17.5. The van der Waals surface area contributed by atoms with E-state index >= 15 is 0 Å². The summed E-state index contributed by atoms with van der Waals surface area (Å²) in [6, 6.07) is 9.78. The molecule has 2 heterocycles. The Kier molecular flexibility index (Phi) is 5.81. The van der Waals surface area contributed by atoms with E-state index in [4.69, 9.17) is 10.7 Å². The molecule has 8 heteroatoms. The topological polar surface area (TPSA) is 79.8 Å². The zero-order valence-electron chi connectivity index (χ0n) is 16.7. The van der Waals surface area contributed by atoms with Gasteiger partial charge in [-0.25, -0.2) is 9.66 Å². The van der Waals surface area contributed by atoms with Gasteiger partial charge in [0.05, 0.1) is 11.3 Å². The van der Waals surface area contributed by atoms with E-state index in [9.17, 15) is 4.79 Å². The lowest BCUT2D eigenvalue weighted by atomic mass is 10.1. The second-order valence-electron chi connectivity index (χ2n) is 6.57. The number of benzene rings is 1. The largest absolute Gasteiger partial charge is 0.377 e. The maximum Gasteiger partial charge on any atom is 0.255 e. The minimum absolute atomic E-state index is 0.123. The zero-order chi connectivity index (χ0) is 20.4. The van der Waals surface area contributed by atoms with Crippen LogP contribution in [0.4, 0.5) is 0 Å². The van der Waals surface area contributed by atoms with Gasteiger partial charge in [0, 0.05) is 24.1 Å². The molecule has 7 nitrogen and oxygen atoms in total. The van der Waals surface area contributed by atoms with Crippen molar-refractivity contribution < 1.29 is 4.79 Å². The molecule has 1 amide bonds. The van der Waals surface area contributed by atoms with Gasteiger partial charge >= 0.3 is 0 Å². The predicted octanol–water partition coefficient (Wildman–Crippen LogP) is 2.47. The van der Waals surface area contributed by atoms with E-state index in [1.807, 2.05) is 68.7 Å². The van der Waals surface area contributed by atoms with E-state index in [1.165, 1.54) is 0 Å². The smallest absolute Gasteiger partial charge is 0.255 e. The third-order valence-corrected chi connectivity index (χ3v) is 6.23. The highest BCUT2D eigenvalue weighted by Gasteiger charge is 2.31. The van der Waals surface area contributed by atoms with Gasteiger partial charge in [-0.05, 0) is 38.4 Å². The molecule has 1 atom stereocenters. The number of nitrogens with two attached hydrogens (primary N) is 1. The van der Waals surface area contributed by atoms with Crippen molar-refractivity contribution in [3.05, 3.63) is 42.6 Å². The Labute approximate surface area is 168 Å². The van der Waals surface area contributed by atoms with Crippen LogP contribution in [0.5, 0.6) is 0 Å². The molecule has 1 aromatic carbocycles. The molecular weight excluding hydrogens is 372 g/mol. The van der Waals surface area contributed by atoms with Gasteiger partial charge in [0.1, 0.15) is 5.69 Å². The lowest BCUT2D eigenvalue weighted by Gasteiger charge is -2.20. The van der Waals surface area contributed by atoms with Crippen LogP contribution >= 0.6 is 10.5 Å². The number of hydrogen-bond acceptors (Lipinski definition) is 4.